The summed E-state index contributed by atoms with van der Waals surface area (Å²) in [5.74, 6) is -0.281. The molecule has 106 valence electrons. The third kappa shape index (κ3) is 3.31. The molecule has 0 radical (unpaired) electrons. The van der Waals surface area contributed by atoms with Gasteiger partial charge < -0.3 is 20.3 Å². The zero-order valence-corrected chi connectivity index (χ0v) is 9.63. The smallest absolute Gasteiger partial charge is 0.388 e. The molecule has 9 heteroatoms. The van der Waals surface area contributed by atoms with Crippen molar-refractivity contribution in [3.05, 3.63) is 18.0 Å². The molecule has 3 N–H and O–H groups in total. The molecule has 0 aromatic carbocycles. The maximum Gasteiger partial charge on any atom is 0.433 e. The minimum atomic E-state index is -4.57. The number of nitrogens with one attached hydrogen (secondary N) is 1. The number of rotatable bonds is 2. The lowest BCUT2D eigenvalue weighted by Crippen LogP contribution is -2.51. The predicted molar refractivity (Wildman–Crippen MR) is 57.3 cm³/mol. The lowest BCUT2D eigenvalue weighted by molar-refractivity contribution is -0.141. The van der Waals surface area contributed by atoms with Crippen LogP contribution in [0, 0.1) is 0 Å². The summed E-state index contributed by atoms with van der Waals surface area (Å²) in [6.07, 6.45) is -5.87. The minimum absolute atomic E-state index is 0.0250. The number of hydrogen-bond acceptors (Lipinski definition) is 6. The van der Waals surface area contributed by atoms with Gasteiger partial charge in [0.2, 0.25) is 5.95 Å². The molecule has 2 heterocycles. The van der Waals surface area contributed by atoms with Gasteiger partial charge in [0, 0.05) is 6.20 Å². The molecule has 1 aromatic rings. The first-order valence-electron chi connectivity index (χ1n) is 5.48. The summed E-state index contributed by atoms with van der Waals surface area (Å²) in [5, 5.41) is 21.5. The van der Waals surface area contributed by atoms with E-state index in [4.69, 9.17) is 4.74 Å². The Hall–Kier alpha value is -1.45. The molecule has 1 aromatic heterocycles. The molecule has 6 nitrogen and oxygen atoms in total. The summed E-state index contributed by atoms with van der Waals surface area (Å²) in [6.45, 7) is 0.0145. The van der Waals surface area contributed by atoms with Gasteiger partial charge in [-0.3, -0.25) is 0 Å². The van der Waals surface area contributed by atoms with Gasteiger partial charge >= 0.3 is 6.18 Å². The first-order valence-corrected chi connectivity index (χ1v) is 5.48. The molecule has 2 rings (SSSR count). The van der Waals surface area contributed by atoms with Crippen molar-refractivity contribution >= 4 is 5.95 Å². The predicted octanol–water partition coefficient (Wildman–Crippen LogP) is 0.0279. The lowest BCUT2D eigenvalue weighted by atomic mass is 10.0. The van der Waals surface area contributed by atoms with E-state index in [-0.39, 0.29) is 19.2 Å². The summed E-state index contributed by atoms with van der Waals surface area (Å²) >= 11 is 0. The van der Waals surface area contributed by atoms with Crippen molar-refractivity contribution in [1.29, 1.82) is 0 Å². The Labute approximate surface area is 106 Å². The number of aromatic nitrogens is 2. The molecule has 0 saturated carbocycles. The number of halogens is 3. The first-order chi connectivity index (χ1) is 8.88. The number of nitrogens with zero attached hydrogens (tertiary/aromatic N) is 2. The van der Waals surface area contributed by atoms with Crippen LogP contribution in [0.2, 0.25) is 0 Å². The number of aliphatic hydroxyl groups is 2. The van der Waals surface area contributed by atoms with Gasteiger partial charge in [-0.1, -0.05) is 0 Å². The van der Waals surface area contributed by atoms with Gasteiger partial charge in [-0.15, -0.1) is 0 Å². The van der Waals surface area contributed by atoms with Crippen LogP contribution in [-0.4, -0.2) is 51.6 Å². The highest BCUT2D eigenvalue weighted by Crippen LogP contribution is 2.27. The normalized spacial score (nSPS) is 28.2. The van der Waals surface area contributed by atoms with Crippen LogP contribution in [0.1, 0.15) is 5.69 Å². The molecule has 1 fully saturated rings. The quantitative estimate of drug-likeness (QED) is 0.708. The molecule has 0 aliphatic carbocycles. The van der Waals surface area contributed by atoms with E-state index >= 15 is 0 Å². The number of aliphatic hydroxyl groups excluding tert-OH is 2. The maximum atomic E-state index is 12.5. The fraction of sp³-hybridized carbons (Fsp3) is 0.600. The Kier molecular flexibility index (Phi) is 3.88. The summed E-state index contributed by atoms with van der Waals surface area (Å²) in [5.41, 5.74) is -1.09. The van der Waals surface area contributed by atoms with E-state index in [1.807, 2.05) is 0 Å². The lowest BCUT2D eigenvalue weighted by Gasteiger charge is -2.32. The Morgan fingerprint density at radius 2 is 2.05 bits per heavy atom. The van der Waals surface area contributed by atoms with Crippen molar-refractivity contribution in [1.82, 2.24) is 9.97 Å². The number of alkyl halides is 3. The number of hydrogen-bond donors (Lipinski definition) is 3. The van der Waals surface area contributed by atoms with Crippen LogP contribution in [0.3, 0.4) is 0 Å². The van der Waals surface area contributed by atoms with Gasteiger partial charge in [0.25, 0.3) is 0 Å². The van der Waals surface area contributed by atoms with E-state index in [1.165, 1.54) is 0 Å². The Morgan fingerprint density at radius 3 is 2.74 bits per heavy atom. The molecule has 1 aliphatic rings. The van der Waals surface area contributed by atoms with Gasteiger partial charge in [-0.05, 0) is 6.07 Å². The minimum Gasteiger partial charge on any atom is -0.388 e. The van der Waals surface area contributed by atoms with E-state index in [9.17, 15) is 23.4 Å². The zero-order valence-electron chi connectivity index (χ0n) is 9.63. The average molecular weight is 279 g/mol. The van der Waals surface area contributed by atoms with E-state index < -0.39 is 30.1 Å². The highest BCUT2D eigenvalue weighted by Gasteiger charge is 2.34. The standard InChI is InChI=1S/C10H12F3N3O3/c11-10(12,13)7-1-2-14-9(16-7)15-5-3-19-4-6(17)8(5)18/h1-2,5-6,8,17-18H,3-4H2,(H,14,15,16)/t5-,6-,8+/m0/s1. The van der Waals surface area contributed by atoms with Crippen molar-refractivity contribution < 1.29 is 28.1 Å². The van der Waals surface area contributed by atoms with E-state index in [1.54, 1.807) is 0 Å². The second-order valence-corrected chi connectivity index (χ2v) is 4.11. The van der Waals surface area contributed by atoms with Gasteiger partial charge in [0.1, 0.15) is 17.9 Å². The summed E-state index contributed by atoms with van der Waals surface area (Å²) < 4.78 is 42.3. The number of ether oxygens (including phenoxy) is 1. The van der Waals surface area contributed by atoms with Crippen LogP contribution in [0.25, 0.3) is 0 Å². The van der Waals surface area contributed by atoms with E-state index in [2.05, 4.69) is 15.3 Å². The largest absolute Gasteiger partial charge is 0.433 e. The van der Waals surface area contributed by atoms with Crippen molar-refractivity contribution in [2.45, 2.75) is 24.4 Å². The van der Waals surface area contributed by atoms with Gasteiger partial charge in [0.05, 0.1) is 19.3 Å². The molecule has 1 saturated heterocycles. The summed E-state index contributed by atoms with van der Waals surface area (Å²) in [4.78, 5) is 6.94. The van der Waals surface area contributed by atoms with Gasteiger partial charge in [-0.2, -0.15) is 13.2 Å². The number of anilines is 1. The van der Waals surface area contributed by atoms with E-state index in [0.717, 1.165) is 12.3 Å². The van der Waals surface area contributed by atoms with Crippen LogP contribution in [-0.2, 0) is 10.9 Å². The van der Waals surface area contributed by atoms with Crippen LogP contribution >= 0.6 is 0 Å². The molecule has 1 aliphatic heterocycles. The van der Waals surface area contributed by atoms with Crippen molar-refractivity contribution in [2.24, 2.45) is 0 Å². The van der Waals surface area contributed by atoms with Crippen LogP contribution in [0.15, 0.2) is 12.3 Å². The maximum absolute atomic E-state index is 12.5. The SMILES string of the molecule is O[C@@H]1[C@@H](Nc2nccc(C(F)(F)F)n2)COC[C@@H]1O. The zero-order chi connectivity index (χ0) is 14.0. The van der Waals surface area contributed by atoms with Gasteiger partial charge in [0.15, 0.2) is 0 Å². The monoisotopic (exact) mass is 279 g/mol. The highest BCUT2D eigenvalue weighted by molar-refractivity contribution is 5.28. The molecule has 19 heavy (non-hydrogen) atoms. The van der Waals surface area contributed by atoms with Crippen molar-refractivity contribution in [3.63, 3.8) is 0 Å². The average Bonchev–Trinajstić information content (AvgIpc) is 2.34. The van der Waals surface area contributed by atoms with Crippen LogP contribution in [0.5, 0.6) is 0 Å². The molecular weight excluding hydrogens is 267 g/mol. The fourth-order valence-electron chi connectivity index (χ4n) is 1.66. The Bertz CT molecular complexity index is 444. The molecule has 0 bridgehead atoms. The summed E-state index contributed by atoms with van der Waals surface area (Å²) in [6, 6.07) is -0.0272. The van der Waals surface area contributed by atoms with Crippen LogP contribution < -0.4 is 5.32 Å². The Balaban J connectivity index is 2.11. The molecular formula is C10H12F3N3O3. The Morgan fingerprint density at radius 1 is 1.32 bits per heavy atom. The topological polar surface area (TPSA) is 87.5 Å². The van der Waals surface area contributed by atoms with Crippen molar-refractivity contribution in [2.75, 3.05) is 18.5 Å². The third-order valence-electron chi connectivity index (χ3n) is 2.65. The van der Waals surface area contributed by atoms with Gasteiger partial charge in [-0.25, -0.2) is 9.97 Å². The molecule has 0 amide bonds. The first kappa shape index (κ1) is 14.0. The molecule has 3 atom stereocenters. The van der Waals surface area contributed by atoms with E-state index in [0.29, 0.717) is 0 Å². The summed E-state index contributed by atoms with van der Waals surface area (Å²) in [7, 11) is 0. The fourth-order valence-corrected chi connectivity index (χ4v) is 1.66. The third-order valence-corrected chi connectivity index (χ3v) is 2.65. The highest BCUT2D eigenvalue weighted by atomic mass is 19.4. The second kappa shape index (κ2) is 5.27. The second-order valence-electron chi connectivity index (χ2n) is 4.11. The molecule has 0 unspecified atom stereocenters. The van der Waals surface area contributed by atoms with Crippen molar-refractivity contribution in [3.8, 4) is 0 Å². The van der Waals surface area contributed by atoms with Crippen LogP contribution in [0.4, 0.5) is 19.1 Å². The molecule has 0 spiro atoms.